The fraction of sp³-hybridized carbons (Fsp3) is 0.429. The summed E-state index contributed by atoms with van der Waals surface area (Å²) >= 11 is 0. The second kappa shape index (κ2) is 7.26. The molecule has 1 unspecified atom stereocenters. The number of rotatable bonds is 4. The Balaban J connectivity index is 0.00000361. The van der Waals surface area contributed by atoms with E-state index in [1.165, 1.54) is 9.80 Å². The predicted octanol–water partition coefficient (Wildman–Crippen LogP) is 0.829. The van der Waals surface area contributed by atoms with Crippen LogP contribution >= 0.6 is 12.4 Å². The minimum absolute atomic E-state index is 0. The molecule has 0 spiro atoms. The van der Waals surface area contributed by atoms with Crippen molar-refractivity contribution in [1.29, 1.82) is 0 Å². The highest BCUT2D eigenvalue weighted by Crippen LogP contribution is 2.19. The highest BCUT2D eigenvalue weighted by atomic mass is 35.5. The Hall–Kier alpha value is -1.59. The second-order valence-corrected chi connectivity index (χ2v) is 5.02. The van der Waals surface area contributed by atoms with Crippen LogP contribution in [-0.4, -0.2) is 49.3 Å². The van der Waals surface area contributed by atoms with Crippen LogP contribution in [0.15, 0.2) is 30.3 Å². The number of carbonyl (C=O) groups excluding carboxylic acids is 2. The topological polar surface area (TPSA) is 66.6 Å². The summed E-state index contributed by atoms with van der Waals surface area (Å²) in [5.74, 6) is -0.423. The van der Waals surface area contributed by atoms with Gasteiger partial charge in [-0.1, -0.05) is 30.3 Å². The van der Waals surface area contributed by atoms with Gasteiger partial charge in [-0.3, -0.25) is 9.59 Å². The third-order valence-electron chi connectivity index (χ3n) is 3.04. The largest absolute Gasteiger partial charge is 0.347 e. The average molecular weight is 300 g/mol. The van der Waals surface area contributed by atoms with E-state index in [0.717, 1.165) is 5.56 Å². The molecule has 0 aromatic heterocycles. The lowest BCUT2D eigenvalue weighted by Crippen LogP contribution is -2.51. The molecule has 0 aliphatic heterocycles. The van der Waals surface area contributed by atoms with Crippen LogP contribution in [0.5, 0.6) is 0 Å². The highest BCUT2D eigenvalue weighted by molar-refractivity contribution is 5.90. The SMILES string of the molecule is CN(C)C(=O)CN(C)C(=O)C(C)(N)c1ccccc1.Cl. The summed E-state index contributed by atoms with van der Waals surface area (Å²) in [5, 5.41) is 0. The lowest BCUT2D eigenvalue weighted by atomic mass is 9.92. The van der Waals surface area contributed by atoms with E-state index < -0.39 is 5.54 Å². The molecule has 1 aromatic carbocycles. The van der Waals surface area contributed by atoms with Crippen molar-refractivity contribution in [2.75, 3.05) is 27.7 Å². The quantitative estimate of drug-likeness (QED) is 0.895. The first-order valence-corrected chi connectivity index (χ1v) is 6.07. The molecule has 2 amide bonds. The molecule has 1 atom stereocenters. The third kappa shape index (κ3) is 4.21. The normalized spacial score (nSPS) is 12.8. The van der Waals surface area contributed by atoms with Crippen LogP contribution in [0.25, 0.3) is 0 Å². The Labute approximate surface area is 126 Å². The van der Waals surface area contributed by atoms with E-state index in [1.54, 1.807) is 40.2 Å². The number of nitrogens with two attached hydrogens (primary N) is 1. The van der Waals surface area contributed by atoms with Crippen molar-refractivity contribution < 1.29 is 9.59 Å². The molecule has 0 radical (unpaired) electrons. The Bertz CT molecular complexity index is 461. The van der Waals surface area contributed by atoms with Crippen molar-refractivity contribution in [2.45, 2.75) is 12.5 Å². The Morgan fingerprint density at radius 1 is 1.15 bits per heavy atom. The Kier molecular flexibility index (Phi) is 6.68. The molecule has 1 rings (SSSR count). The molecule has 0 aliphatic rings. The number of benzene rings is 1. The van der Waals surface area contributed by atoms with Crippen LogP contribution in [-0.2, 0) is 15.1 Å². The molecule has 0 saturated heterocycles. The number of nitrogens with zero attached hydrogens (tertiary/aromatic N) is 2. The standard InChI is InChI=1S/C14H21N3O2.ClH/c1-14(15,11-8-6-5-7-9-11)13(19)17(4)10-12(18)16(2)3;/h5-9H,10,15H2,1-4H3;1H. The molecule has 0 heterocycles. The lowest BCUT2D eigenvalue weighted by Gasteiger charge is -2.29. The first-order chi connectivity index (χ1) is 8.76. The van der Waals surface area contributed by atoms with Crippen LogP contribution in [0.1, 0.15) is 12.5 Å². The second-order valence-electron chi connectivity index (χ2n) is 5.02. The number of halogens is 1. The summed E-state index contributed by atoms with van der Waals surface area (Å²) in [6.07, 6.45) is 0. The molecule has 2 N–H and O–H groups in total. The van der Waals surface area contributed by atoms with Crippen molar-refractivity contribution in [3.63, 3.8) is 0 Å². The molecule has 20 heavy (non-hydrogen) atoms. The van der Waals surface area contributed by atoms with Gasteiger partial charge in [-0.15, -0.1) is 12.4 Å². The van der Waals surface area contributed by atoms with Gasteiger partial charge in [0.25, 0.3) is 0 Å². The lowest BCUT2D eigenvalue weighted by molar-refractivity contribution is -0.141. The highest BCUT2D eigenvalue weighted by Gasteiger charge is 2.33. The summed E-state index contributed by atoms with van der Waals surface area (Å²) in [4.78, 5) is 26.8. The van der Waals surface area contributed by atoms with Gasteiger partial charge in [0.1, 0.15) is 5.54 Å². The Morgan fingerprint density at radius 3 is 2.10 bits per heavy atom. The van der Waals surface area contributed by atoms with E-state index in [9.17, 15) is 9.59 Å². The molecular weight excluding hydrogens is 278 g/mol. The predicted molar refractivity (Wildman–Crippen MR) is 81.6 cm³/mol. The van der Waals surface area contributed by atoms with E-state index >= 15 is 0 Å². The first kappa shape index (κ1) is 18.4. The van der Waals surface area contributed by atoms with Crippen molar-refractivity contribution in [3.8, 4) is 0 Å². The molecule has 0 saturated carbocycles. The van der Waals surface area contributed by atoms with E-state index in [-0.39, 0.29) is 30.8 Å². The molecular formula is C14H22ClN3O2. The fourth-order valence-corrected chi connectivity index (χ4v) is 1.72. The minimum atomic E-state index is -1.14. The van der Waals surface area contributed by atoms with Gasteiger partial charge in [-0.2, -0.15) is 0 Å². The number of hydrogen-bond acceptors (Lipinski definition) is 3. The van der Waals surface area contributed by atoms with Gasteiger partial charge in [0, 0.05) is 21.1 Å². The van der Waals surface area contributed by atoms with Crippen LogP contribution in [0.3, 0.4) is 0 Å². The van der Waals surface area contributed by atoms with Gasteiger partial charge in [0.15, 0.2) is 0 Å². The molecule has 0 bridgehead atoms. The van der Waals surface area contributed by atoms with E-state index in [2.05, 4.69) is 0 Å². The van der Waals surface area contributed by atoms with Crippen LogP contribution in [0.2, 0.25) is 0 Å². The zero-order chi connectivity index (χ0) is 14.6. The zero-order valence-electron chi connectivity index (χ0n) is 12.3. The van der Waals surface area contributed by atoms with Gasteiger partial charge in [0.05, 0.1) is 6.54 Å². The van der Waals surface area contributed by atoms with Gasteiger partial charge in [-0.05, 0) is 12.5 Å². The minimum Gasteiger partial charge on any atom is -0.347 e. The van der Waals surface area contributed by atoms with Gasteiger partial charge in [0.2, 0.25) is 11.8 Å². The average Bonchev–Trinajstić information content (AvgIpc) is 2.38. The fourth-order valence-electron chi connectivity index (χ4n) is 1.72. The molecule has 0 aliphatic carbocycles. The van der Waals surface area contributed by atoms with Crippen molar-refractivity contribution >= 4 is 24.2 Å². The summed E-state index contributed by atoms with van der Waals surface area (Å²) in [5.41, 5.74) is 5.71. The maximum atomic E-state index is 12.4. The first-order valence-electron chi connectivity index (χ1n) is 6.07. The smallest absolute Gasteiger partial charge is 0.247 e. The molecule has 0 fully saturated rings. The van der Waals surface area contributed by atoms with E-state index in [4.69, 9.17) is 5.73 Å². The maximum Gasteiger partial charge on any atom is 0.247 e. The van der Waals surface area contributed by atoms with Crippen LogP contribution in [0, 0.1) is 0 Å². The van der Waals surface area contributed by atoms with Gasteiger partial charge >= 0.3 is 0 Å². The third-order valence-corrected chi connectivity index (χ3v) is 3.04. The molecule has 6 heteroatoms. The van der Waals surface area contributed by atoms with Crippen LogP contribution in [0.4, 0.5) is 0 Å². The number of likely N-dealkylation sites (N-methyl/N-ethyl adjacent to an activating group) is 2. The summed E-state index contributed by atoms with van der Waals surface area (Å²) in [6.45, 7) is 1.67. The molecule has 1 aromatic rings. The van der Waals surface area contributed by atoms with E-state index in [0.29, 0.717) is 0 Å². The van der Waals surface area contributed by atoms with Crippen molar-refractivity contribution in [3.05, 3.63) is 35.9 Å². The molecule has 5 nitrogen and oxygen atoms in total. The van der Waals surface area contributed by atoms with Crippen molar-refractivity contribution in [1.82, 2.24) is 9.80 Å². The summed E-state index contributed by atoms with van der Waals surface area (Å²) in [7, 11) is 4.89. The summed E-state index contributed by atoms with van der Waals surface area (Å²) in [6, 6.07) is 9.14. The maximum absolute atomic E-state index is 12.4. The monoisotopic (exact) mass is 299 g/mol. The number of amides is 2. The van der Waals surface area contributed by atoms with Gasteiger partial charge < -0.3 is 15.5 Å². The zero-order valence-corrected chi connectivity index (χ0v) is 13.1. The van der Waals surface area contributed by atoms with Crippen LogP contribution < -0.4 is 5.73 Å². The summed E-state index contributed by atoms with van der Waals surface area (Å²) < 4.78 is 0. The molecule has 112 valence electrons. The number of hydrogen-bond donors (Lipinski definition) is 1. The number of carbonyl (C=O) groups is 2. The Morgan fingerprint density at radius 2 is 1.65 bits per heavy atom. The van der Waals surface area contributed by atoms with Crippen molar-refractivity contribution in [2.24, 2.45) is 5.73 Å². The van der Waals surface area contributed by atoms with E-state index in [1.807, 2.05) is 18.2 Å². The van der Waals surface area contributed by atoms with Gasteiger partial charge in [-0.25, -0.2) is 0 Å².